The highest BCUT2D eigenvalue weighted by Gasteiger charge is 2.40. The number of aliphatic hydroxyl groups excluding tert-OH is 1. The third kappa shape index (κ3) is 2.74. The lowest BCUT2D eigenvalue weighted by atomic mass is 9.98. The number of esters is 1. The molecule has 0 saturated carbocycles. The van der Waals surface area contributed by atoms with Gasteiger partial charge in [0.05, 0.1) is 6.61 Å². The van der Waals surface area contributed by atoms with Crippen LogP contribution in [-0.2, 0) is 9.53 Å². The SMILES string of the molecule is CN1C2CCC1CC(OC(=O)C(CO)c1ccc3c(c1)OCO3)C2. The highest BCUT2D eigenvalue weighted by Crippen LogP contribution is 2.37. The Hall–Kier alpha value is -1.79. The molecule has 1 aromatic carbocycles. The van der Waals surface area contributed by atoms with Gasteiger partial charge in [0.15, 0.2) is 11.5 Å². The molecule has 4 rings (SSSR count). The summed E-state index contributed by atoms with van der Waals surface area (Å²) in [5.41, 5.74) is 0.697. The van der Waals surface area contributed by atoms with Crippen molar-refractivity contribution in [3.8, 4) is 11.5 Å². The summed E-state index contributed by atoms with van der Waals surface area (Å²) < 4.78 is 16.4. The summed E-state index contributed by atoms with van der Waals surface area (Å²) in [5.74, 6) is 0.230. The summed E-state index contributed by atoms with van der Waals surface area (Å²) in [6.45, 7) is -0.0939. The van der Waals surface area contributed by atoms with Crippen molar-refractivity contribution in [1.82, 2.24) is 4.90 Å². The predicted molar refractivity (Wildman–Crippen MR) is 86.1 cm³/mol. The number of carbonyl (C=O) groups excluding carboxylic acids is 1. The Labute approximate surface area is 141 Å². The van der Waals surface area contributed by atoms with E-state index in [1.165, 1.54) is 12.8 Å². The van der Waals surface area contributed by atoms with Crippen molar-refractivity contribution in [2.75, 3.05) is 20.4 Å². The first-order valence-corrected chi connectivity index (χ1v) is 8.58. The second-order valence-electron chi connectivity index (χ2n) is 6.93. The fourth-order valence-electron chi connectivity index (χ4n) is 4.15. The van der Waals surface area contributed by atoms with Gasteiger partial charge in [-0.1, -0.05) is 6.07 Å². The van der Waals surface area contributed by atoms with Gasteiger partial charge in [0, 0.05) is 12.1 Å². The van der Waals surface area contributed by atoms with E-state index in [2.05, 4.69) is 11.9 Å². The van der Waals surface area contributed by atoms with Crippen molar-refractivity contribution in [2.45, 2.75) is 49.8 Å². The summed E-state index contributed by atoms with van der Waals surface area (Å²) in [4.78, 5) is 15.0. The molecule has 3 atom stereocenters. The number of aliphatic hydroxyl groups is 1. The molecule has 0 aromatic heterocycles. The molecule has 3 aliphatic heterocycles. The minimum Gasteiger partial charge on any atom is -0.462 e. The van der Waals surface area contributed by atoms with Crippen LogP contribution in [0.25, 0.3) is 0 Å². The van der Waals surface area contributed by atoms with Gasteiger partial charge in [0.2, 0.25) is 6.79 Å². The van der Waals surface area contributed by atoms with E-state index in [0.29, 0.717) is 29.1 Å². The zero-order valence-electron chi connectivity index (χ0n) is 13.8. The third-order valence-corrected chi connectivity index (χ3v) is 5.60. The molecule has 24 heavy (non-hydrogen) atoms. The fraction of sp³-hybridized carbons (Fsp3) is 0.611. The lowest BCUT2D eigenvalue weighted by molar-refractivity contribution is -0.155. The molecule has 0 radical (unpaired) electrons. The van der Waals surface area contributed by atoms with Gasteiger partial charge in [-0.25, -0.2) is 0 Å². The highest BCUT2D eigenvalue weighted by molar-refractivity contribution is 5.79. The number of hydrogen-bond acceptors (Lipinski definition) is 6. The molecule has 0 amide bonds. The molecule has 2 fully saturated rings. The van der Waals surface area contributed by atoms with Gasteiger partial charge < -0.3 is 24.2 Å². The van der Waals surface area contributed by atoms with Crippen LogP contribution < -0.4 is 9.47 Å². The normalized spacial score (nSPS) is 29.5. The minimum atomic E-state index is -0.684. The number of piperidine rings is 1. The van der Waals surface area contributed by atoms with Crippen molar-refractivity contribution in [3.05, 3.63) is 23.8 Å². The monoisotopic (exact) mass is 333 g/mol. The molecule has 2 saturated heterocycles. The maximum atomic E-state index is 12.6. The number of hydrogen-bond donors (Lipinski definition) is 1. The molecule has 130 valence electrons. The van der Waals surface area contributed by atoms with Gasteiger partial charge in [-0.3, -0.25) is 4.79 Å². The van der Waals surface area contributed by atoms with Gasteiger partial charge in [-0.15, -0.1) is 0 Å². The van der Waals surface area contributed by atoms with E-state index in [0.717, 1.165) is 12.8 Å². The number of rotatable bonds is 4. The number of ether oxygens (including phenoxy) is 3. The Kier molecular flexibility index (Phi) is 4.10. The average Bonchev–Trinajstić information content (AvgIpc) is 3.10. The van der Waals surface area contributed by atoms with Crippen LogP contribution in [0.4, 0.5) is 0 Å². The van der Waals surface area contributed by atoms with Crippen LogP contribution in [0.1, 0.15) is 37.2 Å². The smallest absolute Gasteiger partial charge is 0.316 e. The Bertz CT molecular complexity index is 620. The van der Waals surface area contributed by atoms with Crippen molar-refractivity contribution in [2.24, 2.45) is 0 Å². The van der Waals surface area contributed by atoms with Crippen LogP contribution in [-0.4, -0.2) is 54.6 Å². The van der Waals surface area contributed by atoms with Crippen molar-refractivity contribution >= 4 is 5.97 Å². The van der Waals surface area contributed by atoms with E-state index in [4.69, 9.17) is 14.2 Å². The first-order valence-electron chi connectivity index (χ1n) is 8.58. The topological polar surface area (TPSA) is 68.2 Å². The molecule has 0 spiro atoms. The first kappa shape index (κ1) is 15.7. The average molecular weight is 333 g/mol. The standard InChI is InChI=1S/C18H23NO5/c1-19-12-3-4-13(19)8-14(7-12)24-18(21)15(9-20)11-2-5-16-17(6-11)23-10-22-16/h2,5-6,12-15,20H,3-4,7-10H2,1H3. The van der Waals surface area contributed by atoms with E-state index in [1.807, 2.05) is 0 Å². The molecule has 1 aromatic rings. The van der Waals surface area contributed by atoms with Crippen LogP contribution in [0, 0.1) is 0 Å². The largest absolute Gasteiger partial charge is 0.462 e. The number of fused-ring (bicyclic) bond motifs is 3. The molecule has 3 unspecified atom stereocenters. The lowest BCUT2D eigenvalue weighted by Gasteiger charge is -2.36. The zero-order chi connectivity index (χ0) is 16.7. The Morgan fingerprint density at radius 3 is 2.71 bits per heavy atom. The molecular weight excluding hydrogens is 310 g/mol. The summed E-state index contributed by atoms with van der Waals surface area (Å²) in [6, 6.07) is 6.33. The predicted octanol–water partition coefficient (Wildman–Crippen LogP) is 1.66. The molecule has 1 N–H and O–H groups in total. The molecule has 2 bridgehead atoms. The van der Waals surface area contributed by atoms with E-state index in [9.17, 15) is 9.90 Å². The number of benzene rings is 1. The zero-order valence-corrected chi connectivity index (χ0v) is 13.8. The molecular formula is C18H23NO5. The molecule has 0 aliphatic carbocycles. The number of nitrogens with zero attached hydrogens (tertiary/aromatic N) is 1. The van der Waals surface area contributed by atoms with Crippen molar-refractivity contribution in [3.63, 3.8) is 0 Å². The van der Waals surface area contributed by atoms with Gasteiger partial charge >= 0.3 is 5.97 Å². The molecule has 3 heterocycles. The first-order chi connectivity index (χ1) is 11.7. The van der Waals surface area contributed by atoms with E-state index in [1.54, 1.807) is 18.2 Å². The quantitative estimate of drug-likeness (QED) is 0.845. The maximum Gasteiger partial charge on any atom is 0.316 e. The van der Waals surface area contributed by atoms with E-state index >= 15 is 0 Å². The van der Waals surface area contributed by atoms with Gasteiger partial charge in [0.1, 0.15) is 12.0 Å². The Balaban J connectivity index is 1.44. The molecule has 3 aliphatic rings. The lowest BCUT2D eigenvalue weighted by Crippen LogP contribution is -2.43. The van der Waals surface area contributed by atoms with Crippen LogP contribution in [0.15, 0.2) is 18.2 Å². The second-order valence-corrected chi connectivity index (χ2v) is 6.93. The van der Waals surface area contributed by atoms with Gasteiger partial charge in [0.25, 0.3) is 0 Å². The van der Waals surface area contributed by atoms with Crippen molar-refractivity contribution in [1.29, 1.82) is 0 Å². The summed E-state index contributed by atoms with van der Waals surface area (Å²) in [7, 11) is 2.16. The van der Waals surface area contributed by atoms with Crippen LogP contribution in [0.2, 0.25) is 0 Å². The molecule has 6 heteroatoms. The summed E-state index contributed by atoms with van der Waals surface area (Å²) in [5, 5.41) is 9.71. The fourth-order valence-corrected chi connectivity index (χ4v) is 4.15. The van der Waals surface area contributed by atoms with E-state index < -0.39 is 5.92 Å². The third-order valence-electron chi connectivity index (χ3n) is 5.60. The van der Waals surface area contributed by atoms with Crippen LogP contribution >= 0.6 is 0 Å². The molecule has 6 nitrogen and oxygen atoms in total. The Morgan fingerprint density at radius 2 is 2.00 bits per heavy atom. The summed E-state index contributed by atoms with van der Waals surface area (Å²) >= 11 is 0. The minimum absolute atomic E-state index is 0.0470. The Morgan fingerprint density at radius 1 is 1.29 bits per heavy atom. The second kappa shape index (κ2) is 6.26. The van der Waals surface area contributed by atoms with Crippen LogP contribution in [0.5, 0.6) is 11.5 Å². The maximum absolute atomic E-state index is 12.6. The number of carbonyl (C=O) groups is 1. The van der Waals surface area contributed by atoms with Gasteiger partial charge in [-0.05, 0) is 50.4 Å². The van der Waals surface area contributed by atoms with Crippen LogP contribution in [0.3, 0.4) is 0 Å². The van der Waals surface area contributed by atoms with E-state index in [-0.39, 0.29) is 25.5 Å². The van der Waals surface area contributed by atoms with Crippen molar-refractivity contribution < 1.29 is 24.1 Å². The summed E-state index contributed by atoms with van der Waals surface area (Å²) in [6.07, 6.45) is 4.09. The highest BCUT2D eigenvalue weighted by atomic mass is 16.7. The van der Waals surface area contributed by atoms with Gasteiger partial charge in [-0.2, -0.15) is 0 Å².